The summed E-state index contributed by atoms with van der Waals surface area (Å²) in [5.41, 5.74) is 0.442. The van der Waals surface area contributed by atoms with E-state index in [-0.39, 0.29) is 17.7 Å². The average Bonchev–Trinajstić information content (AvgIpc) is 3.49. The minimum Gasteiger partial charge on any atom is -0.485 e. The van der Waals surface area contributed by atoms with Gasteiger partial charge in [0.25, 0.3) is 0 Å². The highest BCUT2D eigenvalue weighted by Crippen LogP contribution is 2.44. The van der Waals surface area contributed by atoms with Gasteiger partial charge in [-0.15, -0.1) is 0 Å². The fraction of sp³-hybridized carbons (Fsp3) is 0.720. The molecular formula is C25H37N3O3. The maximum absolute atomic E-state index is 12.6. The molecule has 1 N–H and O–H groups in total. The van der Waals surface area contributed by atoms with Gasteiger partial charge in [0, 0.05) is 43.1 Å². The second-order valence-electron chi connectivity index (χ2n) is 10.9. The van der Waals surface area contributed by atoms with Crippen molar-refractivity contribution in [2.75, 3.05) is 26.2 Å². The van der Waals surface area contributed by atoms with Gasteiger partial charge in [0.2, 0.25) is 0 Å². The Morgan fingerprint density at radius 3 is 2.58 bits per heavy atom. The standard InChI is InChI=1S/C25H37N3O3/c1-24(2,3)31-23(29)28-15-12-25(17-28)16-21(20-6-4-5-7-22(20)30-25)26-18-10-13-27(14-11-18)19-8-9-19/h4-7,18-19,21,26H,8-17H2,1-3H3. The predicted octanol–water partition coefficient (Wildman–Crippen LogP) is 4.11. The number of piperidine rings is 1. The second-order valence-corrected chi connectivity index (χ2v) is 10.9. The van der Waals surface area contributed by atoms with Crippen LogP contribution in [0, 0.1) is 0 Å². The Bertz CT molecular complexity index is 810. The number of nitrogens with one attached hydrogen (secondary N) is 1. The normalized spacial score (nSPS) is 29.6. The zero-order valence-corrected chi connectivity index (χ0v) is 19.2. The number of fused-ring (bicyclic) bond motifs is 1. The molecule has 6 nitrogen and oxygen atoms in total. The van der Waals surface area contributed by atoms with Crippen LogP contribution in [0.2, 0.25) is 0 Å². The average molecular weight is 428 g/mol. The highest BCUT2D eigenvalue weighted by molar-refractivity contribution is 5.68. The Morgan fingerprint density at radius 2 is 1.87 bits per heavy atom. The van der Waals surface area contributed by atoms with Crippen molar-refractivity contribution in [1.82, 2.24) is 15.1 Å². The lowest BCUT2D eigenvalue weighted by molar-refractivity contribution is 0.0115. The van der Waals surface area contributed by atoms with Gasteiger partial charge in [-0.05, 0) is 65.6 Å². The fourth-order valence-corrected chi connectivity index (χ4v) is 5.50. The number of ether oxygens (including phenoxy) is 2. The molecule has 31 heavy (non-hydrogen) atoms. The summed E-state index contributed by atoms with van der Waals surface area (Å²) in [6.07, 6.45) is 6.72. The molecule has 3 fully saturated rings. The Morgan fingerprint density at radius 1 is 1.13 bits per heavy atom. The first-order valence-corrected chi connectivity index (χ1v) is 12.1. The van der Waals surface area contributed by atoms with E-state index in [4.69, 9.17) is 9.47 Å². The summed E-state index contributed by atoms with van der Waals surface area (Å²) in [4.78, 5) is 17.1. The highest BCUT2D eigenvalue weighted by atomic mass is 16.6. The molecule has 5 rings (SSSR count). The van der Waals surface area contributed by atoms with Crippen molar-refractivity contribution in [1.29, 1.82) is 0 Å². The van der Waals surface area contributed by atoms with Crippen LogP contribution in [0.1, 0.15) is 70.9 Å². The van der Waals surface area contributed by atoms with Crippen LogP contribution < -0.4 is 10.1 Å². The number of para-hydroxylation sites is 1. The van der Waals surface area contributed by atoms with E-state index in [1.165, 1.54) is 44.3 Å². The van der Waals surface area contributed by atoms with E-state index >= 15 is 0 Å². The Balaban J connectivity index is 1.27. The van der Waals surface area contributed by atoms with E-state index in [0.29, 0.717) is 19.1 Å². The van der Waals surface area contributed by atoms with E-state index < -0.39 is 5.60 Å². The first-order valence-electron chi connectivity index (χ1n) is 12.1. The molecule has 1 aliphatic carbocycles. The molecule has 6 heteroatoms. The lowest BCUT2D eigenvalue weighted by atomic mass is 9.85. The Kier molecular flexibility index (Phi) is 5.41. The van der Waals surface area contributed by atoms with Gasteiger partial charge in [0.1, 0.15) is 17.0 Å². The number of carbonyl (C=O) groups excluding carboxylic acids is 1. The molecule has 4 aliphatic rings. The second kappa shape index (κ2) is 7.96. The third-order valence-electron chi connectivity index (χ3n) is 7.19. The fourth-order valence-electron chi connectivity index (χ4n) is 5.50. The first kappa shape index (κ1) is 21.1. The summed E-state index contributed by atoms with van der Waals surface area (Å²) < 4.78 is 12.2. The molecule has 0 radical (unpaired) electrons. The van der Waals surface area contributed by atoms with E-state index in [1.54, 1.807) is 0 Å². The van der Waals surface area contributed by atoms with Crippen LogP contribution in [0.5, 0.6) is 5.75 Å². The largest absolute Gasteiger partial charge is 0.485 e. The molecule has 1 spiro atoms. The molecule has 170 valence electrons. The summed E-state index contributed by atoms with van der Waals surface area (Å²) in [5, 5.41) is 3.99. The monoisotopic (exact) mass is 427 g/mol. The molecule has 1 aromatic rings. The quantitative estimate of drug-likeness (QED) is 0.787. The number of benzene rings is 1. The number of likely N-dealkylation sites (tertiary alicyclic amines) is 2. The molecule has 1 aromatic carbocycles. The van der Waals surface area contributed by atoms with Gasteiger partial charge in [0.15, 0.2) is 0 Å². The third kappa shape index (κ3) is 4.70. The van der Waals surface area contributed by atoms with Gasteiger partial charge in [0.05, 0.1) is 6.54 Å². The van der Waals surface area contributed by atoms with Gasteiger partial charge < -0.3 is 24.6 Å². The van der Waals surface area contributed by atoms with Crippen molar-refractivity contribution in [2.45, 2.75) is 88.6 Å². The molecule has 3 aliphatic heterocycles. The summed E-state index contributed by atoms with van der Waals surface area (Å²) in [6, 6.07) is 10.1. The van der Waals surface area contributed by atoms with Gasteiger partial charge >= 0.3 is 6.09 Å². The summed E-state index contributed by atoms with van der Waals surface area (Å²) >= 11 is 0. The zero-order valence-electron chi connectivity index (χ0n) is 19.2. The Labute approximate surface area is 186 Å². The SMILES string of the molecule is CC(C)(C)OC(=O)N1CCC2(CC(NC3CCN(C4CC4)CC3)c3ccccc3O2)C1. The predicted molar refractivity (Wildman–Crippen MR) is 120 cm³/mol. The molecule has 0 bridgehead atoms. The number of nitrogens with zero attached hydrogens (tertiary/aromatic N) is 2. The van der Waals surface area contributed by atoms with Crippen LogP contribution in [0.15, 0.2) is 24.3 Å². The maximum atomic E-state index is 12.6. The van der Waals surface area contributed by atoms with Gasteiger partial charge in [-0.2, -0.15) is 0 Å². The van der Waals surface area contributed by atoms with Crippen molar-refractivity contribution in [2.24, 2.45) is 0 Å². The molecule has 2 unspecified atom stereocenters. The van der Waals surface area contributed by atoms with Gasteiger partial charge in [-0.1, -0.05) is 18.2 Å². The molecule has 0 aromatic heterocycles. The van der Waals surface area contributed by atoms with Crippen LogP contribution in [0.4, 0.5) is 4.79 Å². The topological polar surface area (TPSA) is 54.0 Å². The number of hydrogen-bond donors (Lipinski definition) is 1. The highest BCUT2D eigenvalue weighted by Gasteiger charge is 2.48. The lowest BCUT2D eigenvalue weighted by Crippen LogP contribution is -2.50. The van der Waals surface area contributed by atoms with Crippen molar-refractivity contribution in [3.05, 3.63) is 29.8 Å². The summed E-state index contributed by atoms with van der Waals surface area (Å²) in [5.74, 6) is 0.965. The van der Waals surface area contributed by atoms with E-state index in [2.05, 4.69) is 28.4 Å². The van der Waals surface area contributed by atoms with Crippen LogP contribution in [0.25, 0.3) is 0 Å². The molecule has 2 atom stereocenters. The van der Waals surface area contributed by atoms with Gasteiger partial charge in [-0.25, -0.2) is 4.79 Å². The van der Waals surface area contributed by atoms with Crippen LogP contribution >= 0.6 is 0 Å². The molecular weight excluding hydrogens is 390 g/mol. The minimum absolute atomic E-state index is 0.233. The van der Waals surface area contributed by atoms with Crippen LogP contribution in [-0.2, 0) is 4.74 Å². The number of carbonyl (C=O) groups is 1. The Hall–Kier alpha value is -1.79. The first-order chi connectivity index (χ1) is 14.8. The summed E-state index contributed by atoms with van der Waals surface area (Å²) in [6.45, 7) is 9.45. The molecule has 2 saturated heterocycles. The van der Waals surface area contributed by atoms with E-state index in [0.717, 1.165) is 24.6 Å². The lowest BCUT2D eigenvalue weighted by Gasteiger charge is -2.42. The van der Waals surface area contributed by atoms with Crippen molar-refractivity contribution < 1.29 is 14.3 Å². The third-order valence-corrected chi connectivity index (χ3v) is 7.19. The number of rotatable bonds is 3. The van der Waals surface area contributed by atoms with Crippen LogP contribution in [-0.4, -0.2) is 65.4 Å². The van der Waals surface area contributed by atoms with Crippen LogP contribution in [0.3, 0.4) is 0 Å². The van der Waals surface area contributed by atoms with E-state index in [9.17, 15) is 4.79 Å². The molecule has 1 amide bonds. The van der Waals surface area contributed by atoms with E-state index in [1.807, 2.05) is 31.7 Å². The number of amides is 1. The zero-order chi connectivity index (χ0) is 21.6. The number of hydrogen-bond acceptors (Lipinski definition) is 5. The van der Waals surface area contributed by atoms with Crippen molar-refractivity contribution in [3.8, 4) is 5.75 Å². The van der Waals surface area contributed by atoms with Crippen molar-refractivity contribution in [3.63, 3.8) is 0 Å². The van der Waals surface area contributed by atoms with Crippen molar-refractivity contribution >= 4 is 6.09 Å². The molecule has 3 heterocycles. The smallest absolute Gasteiger partial charge is 0.410 e. The van der Waals surface area contributed by atoms with Gasteiger partial charge in [-0.3, -0.25) is 0 Å². The summed E-state index contributed by atoms with van der Waals surface area (Å²) in [7, 11) is 0. The minimum atomic E-state index is -0.480. The molecule has 1 saturated carbocycles. The maximum Gasteiger partial charge on any atom is 0.410 e.